The van der Waals surface area contributed by atoms with Crippen molar-refractivity contribution in [1.82, 2.24) is 10.2 Å². The van der Waals surface area contributed by atoms with Crippen molar-refractivity contribution in [3.63, 3.8) is 0 Å². The molecule has 1 unspecified atom stereocenters. The summed E-state index contributed by atoms with van der Waals surface area (Å²) in [5, 5.41) is 4.03. The monoisotopic (exact) mass is 456 g/mol. The summed E-state index contributed by atoms with van der Waals surface area (Å²) in [6, 6.07) is 13.4. The van der Waals surface area contributed by atoms with Crippen LogP contribution < -0.4 is 14.8 Å². The van der Waals surface area contributed by atoms with Gasteiger partial charge in [-0.3, -0.25) is 9.59 Å². The lowest BCUT2D eigenvalue weighted by molar-refractivity contribution is -0.131. The molecule has 5 rings (SSSR count). The van der Waals surface area contributed by atoms with E-state index in [1.807, 2.05) is 47.4 Å². The van der Waals surface area contributed by atoms with Gasteiger partial charge in [-0.15, -0.1) is 11.3 Å². The topological polar surface area (TPSA) is 67.9 Å². The molecule has 2 amide bonds. The average Bonchev–Trinajstić information content (AvgIpc) is 3.42. The number of carbonyl (C=O) groups excluding carboxylic acids is 2. The highest BCUT2D eigenvalue weighted by Gasteiger charge is 2.31. The first-order chi connectivity index (χ1) is 15.1. The highest BCUT2D eigenvalue weighted by molar-refractivity contribution is 7.21. The van der Waals surface area contributed by atoms with Crippen molar-refractivity contribution in [2.24, 2.45) is 0 Å². The number of nitrogens with one attached hydrogen (secondary N) is 1. The molecule has 1 atom stereocenters. The second-order valence-corrected chi connectivity index (χ2v) is 9.00. The van der Waals surface area contributed by atoms with E-state index in [0.717, 1.165) is 40.0 Å². The summed E-state index contributed by atoms with van der Waals surface area (Å²) in [7, 11) is 0. The number of hydrogen-bond donors (Lipinski definition) is 1. The van der Waals surface area contributed by atoms with Gasteiger partial charge in [0.25, 0.3) is 5.91 Å². The third-order valence-corrected chi connectivity index (χ3v) is 7.34. The molecule has 8 heteroatoms. The van der Waals surface area contributed by atoms with Gasteiger partial charge in [0.2, 0.25) is 5.91 Å². The third kappa shape index (κ3) is 3.83. The lowest BCUT2D eigenvalue weighted by Gasteiger charge is -2.27. The maximum Gasteiger partial charge on any atom is 0.263 e. The number of nitrogens with zero attached hydrogens (tertiary/aromatic N) is 1. The molecular weight excluding hydrogens is 436 g/mol. The molecule has 0 saturated carbocycles. The molecule has 1 aromatic heterocycles. The van der Waals surface area contributed by atoms with Crippen LogP contribution in [-0.2, 0) is 4.79 Å². The molecule has 2 aliphatic rings. The molecule has 0 spiro atoms. The van der Waals surface area contributed by atoms with Gasteiger partial charge in [0.05, 0.1) is 17.6 Å². The van der Waals surface area contributed by atoms with Crippen LogP contribution in [-0.4, -0.2) is 43.0 Å². The summed E-state index contributed by atoms with van der Waals surface area (Å²) in [5.41, 5.74) is 1.02. The minimum atomic E-state index is -0.324. The normalized spacial score (nSPS) is 17.7. The number of fused-ring (bicyclic) bond motifs is 2. The summed E-state index contributed by atoms with van der Waals surface area (Å²) in [5.74, 6) is 1.02. The molecule has 6 nitrogen and oxygen atoms in total. The minimum absolute atomic E-state index is 0.0341. The molecule has 0 aliphatic carbocycles. The van der Waals surface area contributed by atoms with Crippen molar-refractivity contribution >= 4 is 44.8 Å². The van der Waals surface area contributed by atoms with E-state index in [-0.39, 0.29) is 24.4 Å². The summed E-state index contributed by atoms with van der Waals surface area (Å²) in [4.78, 5) is 27.9. The Morgan fingerprint density at radius 3 is 2.77 bits per heavy atom. The maximum atomic E-state index is 12.9. The van der Waals surface area contributed by atoms with E-state index < -0.39 is 0 Å². The van der Waals surface area contributed by atoms with Crippen molar-refractivity contribution in [3.8, 4) is 11.5 Å². The third-order valence-electron chi connectivity index (χ3n) is 5.67. The standard InChI is InChI=1S/C23H21ClN2O4S/c24-21-15-4-1-2-6-19(15)31-22(21)23(28)25-13-20(27)26-9-3-5-16(26)14-7-8-17-18(12-14)30-11-10-29-17/h1-2,4,6-8,12,16H,3,5,9-11,13H2,(H,25,28). The molecule has 3 heterocycles. The Kier molecular flexibility index (Phi) is 5.46. The number of rotatable bonds is 4. The van der Waals surface area contributed by atoms with Crippen LogP contribution in [0.1, 0.15) is 34.1 Å². The van der Waals surface area contributed by atoms with Crippen molar-refractivity contribution in [2.75, 3.05) is 26.3 Å². The number of carbonyl (C=O) groups is 2. The fraction of sp³-hybridized carbons (Fsp3) is 0.304. The Morgan fingerprint density at radius 1 is 1.13 bits per heavy atom. The zero-order chi connectivity index (χ0) is 21.4. The van der Waals surface area contributed by atoms with Gasteiger partial charge in [0, 0.05) is 16.6 Å². The number of benzene rings is 2. The SMILES string of the molecule is O=C(NCC(=O)N1CCCC1c1ccc2c(c1)OCCO2)c1sc2ccccc2c1Cl. The van der Waals surface area contributed by atoms with E-state index in [4.69, 9.17) is 21.1 Å². The maximum absolute atomic E-state index is 12.9. The molecule has 2 aliphatic heterocycles. The van der Waals surface area contributed by atoms with Gasteiger partial charge in [-0.1, -0.05) is 35.9 Å². The molecule has 160 valence electrons. The summed E-state index contributed by atoms with van der Waals surface area (Å²) in [6.07, 6.45) is 1.79. The Bertz CT molecular complexity index is 1160. The zero-order valence-electron chi connectivity index (χ0n) is 16.7. The number of thiophene rings is 1. The number of ether oxygens (including phenoxy) is 2. The summed E-state index contributed by atoms with van der Waals surface area (Å²) < 4.78 is 12.2. The lowest BCUT2D eigenvalue weighted by atomic mass is 10.0. The molecular formula is C23H21ClN2O4S. The smallest absolute Gasteiger partial charge is 0.263 e. The highest BCUT2D eigenvalue weighted by atomic mass is 35.5. The fourth-order valence-electron chi connectivity index (χ4n) is 4.18. The Hall–Kier alpha value is -2.77. The van der Waals surface area contributed by atoms with Gasteiger partial charge in [-0.25, -0.2) is 0 Å². The van der Waals surface area contributed by atoms with Crippen molar-refractivity contribution in [3.05, 3.63) is 57.9 Å². The van der Waals surface area contributed by atoms with Gasteiger partial charge in [-0.2, -0.15) is 0 Å². The molecule has 1 fully saturated rings. The Balaban J connectivity index is 1.27. The van der Waals surface area contributed by atoms with Crippen LogP contribution in [0.25, 0.3) is 10.1 Å². The van der Waals surface area contributed by atoms with Crippen molar-refractivity contribution in [2.45, 2.75) is 18.9 Å². The first-order valence-corrected chi connectivity index (χ1v) is 11.5. The van der Waals surface area contributed by atoms with Crippen LogP contribution in [0.5, 0.6) is 11.5 Å². The molecule has 3 aromatic rings. The van der Waals surface area contributed by atoms with Gasteiger partial charge in [0.1, 0.15) is 18.1 Å². The van der Waals surface area contributed by atoms with Crippen LogP contribution >= 0.6 is 22.9 Å². The average molecular weight is 457 g/mol. The van der Waals surface area contributed by atoms with E-state index in [9.17, 15) is 9.59 Å². The van der Waals surface area contributed by atoms with Crippen LogP contribution in [0.2, 0.25) is 5.02 Å². The largest absolute Gasteiger partial charge is 0.486 e. The molecule has 2 aromatic carbocycles. The Morgan fingerprint density at radius 2 is 1.94 bits per heavy atom. The number of halogens is 1. The van der Waals surface area contributed by atoms with Gasteiger partial charge < -0.3 is 19.7 Å². The predicted molar refractivity (Wildman–Crippen MR) is 120 cm³/mol. The summed E-state index contributed by atoms with van der Waals surface area (Å²) in [6.45, 7) is 1.67. The fourth-order valence-corrected chi connectivity index (χ4v) is 5.61. The lowest BCUT2D eigenvalue weighted by Crippen LogP contribution is -2.39. The first-order valence-electron chi connectivity index (χ1n) is 10.3. The molecule has 1 N–H and O–H groups in total. The summed E-state index contributed by atoms with van der Waals surface area (Å²) >= 11 is 7.72. The van der Waals surface area contributed by atoms with E-state index in [1.165, 1.54) is 11.3 Å². The van der Waals surface area contributed by atoms with Crippen molar-refractivity contribution in [1.29, 1.82) is 0 Å². The van der Waals surface area contributed by atoms with Gasteiger partial charge >= 0.3 is 0 Å². The van der Waals surface area contributed by atoms with Crippen LogP contribution in [0.15, 0.2) is 42.5 Å². The van der Waals surface area contributed by atoms with Crippen LogP contribution in [0.4, 0.5) is 0 Å². The quantitative estimate of drug-likeness (QED) is 0.631. The molecule has 0 bridgehead atoms. The van der Waals surface area contributed by atoms with Gasteiger partial charge in [-0.05, 0) is 36.6 Å². The minimum Gasteiger partial charge on any atom is -0.486 e. The number of hydrogen-bond acceptors (Lipinski definition) is 5. The predicted octanol–water partition coefficient (Wildman–Crippen LogP) is 4.42. The van der Waals surface area contributed by atoms with Crippen molar-refractivity contribution < 1.29 is 19.1 Å². The molecule has 1 saturated heterocycles. The van der Waals surface area contributed by atoms with E-state index >= 15 is 0 Å². The first kappa shape index (κ1) is 20.2. The molecule has 31 heavy (non-hydrogen) atoms. The second kappa shape index (κ2) is 8.40. The molecule has 0 radical (unpaired) electrons. The number of amides is 2. The van der Waals surface area contributed by atoms with Crippen LogP contribution in [0, 0.1) is 0 Å². The van der Waals surface area contributed by atoms with Gasteiger partial charge in [0.15, 0.2) is 11.5 Å². The van der Waals surface area contributed by atoms with E-state index in [0.29, 0.717) is 29.7 Å². The van der Waals surface area contributed by atoms with E-state index in [2.05, 4.69) is 5.32 Å². The van der Waals surface area contributed by atoms with Crippen LogP contribution in [0.3, 0.4) is 0 Å². The highest BCUT2D eigenvalue weighted by Crippen LogP contribution is 2.38. The zero-order valence-corrected chi connectivity index (χ0v) is 18.3. The number of likely N-dealkylation sites (tertiary alicyclic amines) is 1. The Labute approximate surface area is 188 Å². The van der Waals surface area contributed by atoms with E-state index in [1.54, 1.807) is 0 Å². The second-order valence-electron chi connectivity index (χ2n) is 7.57.